The van der Waals surface area contributed by atoms with E-state index in [-0.39, 0.29) is 5.25 Å². The summed E-state index contributed by atoms with van der Waals surface area (Å²) in [4.78, 5) is 4.18. The third kappa shape index (κ3) is 3.98. The maximum absolute atomic E-state index is 11.0. The molecule has 4 heteroatoms. The lowest BCUT2D eigenvalue weighted by Crippen LogP contribution is -2.27. The highest BCUT2D eigenvalue weighted by atomic mass is 32.2. The molecule has 0 aliphatic rings. The van der Waals surface area contributed by atoms with E-state index < -0.39 is 10.8 Å². The minimum atomic E-state index is -0.751. The Labute approximate surface area is 87.4 Å². The minimum absolute atomic E-state index is 0.193. The first-order chi connectivity index (χ1) is 6.70. The molecule has 0 radical (unpaired) electrons. The molecule has 0 bridgehead atoms. The average molecular weight is 212 g/mol. The van der Waals surface area contributed by atoms with E-state index in [0.717, 1.165) is 18.8 Å². The SMILES string of the molecule is CC(CNCc1ccccn1)S(C)=O. The summed E-state index contributed by atoms with van der Waals surface area (Å²) in [5.74, 6) is 0. The zero-order chi connectivity index (χ0) is 10.4. The molecular weight excluding hydrogens is 196 g/mol. The van der Waals surface area contributed by atoms with Crippen LogP contribution in [0, 0.1) is 0 Å². The molecule has 3 nitrogen and oxygen atoms in total. The Balaban J connectivity index is 2.26. The Morgan fingerprint density at radius 2 is 2.36 bits per heavy atom. The van der Waals surface area contributed by atoms with Crippen molar-refractivity contribution in [2.24, 2.45) is 0 Å². The molecule has 0 aromatic carbocycles. The van der Waals surface area contributed by atoms with Crippen LogP contribution in [0.5, 0.6) is 0 Å². The Kier molecular flexibility index (Phi) is 4.76. The fraction of sp³-hybridized carbons (Fsp3) is 0.500. The van der Waals surface area contributed by atoms with Gasteiger partial charge in [-0.25, -0.2) is 0 Å². The topological polar surface area (TPSA) is 42.0 Å². The monoisotopic (exact) mass is 212 g/mol. The number of hydrogen-bond acceptors (Lipinski definition) is 3. The Morgan fingerprint density at radius 3 is 2.93 bits per heavy atom. The summed E-state index contributed by atoms with van der Waals surface area (Å²) in [6, 6.07) is 5.83. The van der Waals surface area contributed by atoms with Crippen molar-refractivity contribution in [3.8, 4) is 0 Å². The molecule has 1 N–H and O–H groups in total. The molecule has 0 aliphatic carbocycles. The van der Waals surface area contributed by atoms with Gasteiger partial charge in [0.25, 0.3) is 0 Å². The van der Waals surface area contributed by atoms with Crippen molar-refractivity contribution in [1.82, 2.24) is 10.3 Å². The Bertz CT molecular complexity index is 289. The average Bonchev–Trinajstić information content (AvgIpc) is 2.19. The van der Waals surface area contributed by atoms with E-state index in [9.17, 15) is 4.21 Å². The van der Waals surface area contributed by atoms with E-state index in [1.54, 1.807) is 12.5 Å². The van der Waals surface area contributed by atoms with Gasteiger partial charge in [-0.15, -0.1) is 0 Å². The van der Waals surface area contributed by atoms with Gasteiger partial charge in [-0.05, 0) is 19.1 Å². The number of aromatic nitrogens is 1. The molecule has 1 rings (SSSR count). The number of rotatable bonds is 5. The summed E-state index contributed by atoms with van der Waals surface area (Å²) in [6.45, 7) is 3.48. The van der Waals surface area contributed by atoms with Gasteiger partial charge in [0.2, 0.25) is 0 Å². The number of nitrogens with zero attached hydrogens (tertiary/aromatic N) is 1. The first kappa shape index (κ1) is 11.3. The summed E-state index contributed by atoms with van der Waals surface area (Å²) in [6.07, 6.45) is 3.51. The lowest BCUT2D eigenvalue weighted by molar-refractivity contribution is 0.642. The van der Waals surface area contributed by atoms with Crippen molar-refractivity contribution in [1.29, 1.82) is 0 Å². The summed E-state index contributed by atoms with van der Waals surface area (Å²) >= 11 is 0. The second-order valence-corrected chi connectivity index (χ2v) is 5.06. The maximum atomic E-state index is 11.0. The molecule has 0 aliphatic heterocycles. The quantitative estimate of drug-likeness (QED) is 0.790. The predicted octanol–water partition coefficient (Wildman–Crippen LogP) is 0.938. The highest BCUT2D eigenvalue weighted by molar-refractivity contribution is 7.84. The maximum Gasteiger partial charge on any atom is 0.0541 e. The van der Waals surface area contributed by atoms with Crippen LogP contribution < -0.4 is 5.32 Å². The Morgan fingerprint density at radius 1 is 1.57 bits per heavy atom. The van der Waals surface area contributed by atoms with Crippen LogP contribution in [-0.2, 0) is 17.3 Å². The summed E-state index contributed by atoms with van der Waals surface area (Å²) in [5.41, 5.74) is 1.02. The molecule has 2 atom stereocenters. The van der Waals surface area contributed by atoms with Crippen LogP contribution in [0.1, 0.15) is 12.6 Å². The van der Waals surface area contributed by atoms with Gasteiger partial charge >= 0.3 is 0 Å². The standard InChI is InChI=1S/C10H16N2OS/c1-9(14(2)13)7-11-8-10-5-3-4-6-12-10/h3-6,9,11H,7-8H2,1-2H3. The molecule has 0 amide bonds. The minimum Gasteiger partial charge on any atom is -0.310 e. The lowest BCUT2D eigenvalue weighted by Gasteiger charge is -2.08. The smallest absolute Gasteiger partial charge is 0.0541 e. The number of nitrogens with one attached hydrogen (secondary N) is 1. The van der Waals surface area contributed by atoms with Gasteiger partial charge in [-0.3, -0.25) is 9.19 Å². The fourth-order valence-corrected chi connectivity index (χ4v) is 1.38. The van der Waals surface area contributed by atoms with E-state index in [1.807, 2.05) is 25.1 Å². The molecule has 14 heavy (non-hydrogen) atoms. The molecule has 1 heterocycles. The normalized spacial score (nSPS) is 15.0. The highest BCUT2D eigenvalue weighted by Gasteiger charge is 2.04. The van der Waals surface area contributed by atoms with E-state index in [0.29, 0.717) is 0 Å². The fourth-order valence-electron chi connectivity index (χ4n) is 1.02. The molecule has 1 aromatic rings. The third-order valence-electron chi connectivity index (χ3n) is 2.03. The lowest BCUT2D eigenvalue weighted by atomic mass is 10.3. The van der Waals surface area contributed by atoms with E-state index in [4.69, 9.17) is 0 Å². The van der Waals surface area contributed by atoms with Crippen molar-refractivity contribution >= 4 is 10.8 Å². The molecule has 1 aromatic heterocycles. The van der Waals surface area contributed by atoms with Crippen LogP contribution in [0.15, 0.2) is 24.4 Å². The predicted molar refractivity (Wildman–Crippen MR) is 59.5 cm³/mol. The number of pyridine rings is 1. The van der Waals surface area contributed by atoms with E-state index in [2.05, 4.69) is 10.3 Å². The zero-order valence-electron chi connectivity index (χ0n) is 8.56. The zero-order valence-corrected chi connectivity index (χ0v) is 9.38. The van der Waals surface area contributed by atoms with Crippen LogP contribution >= 0.6 is 0 Å². The van der Waals surface area contributed by atoms with Crippen molar-refractivity contribution < 1.29 is 4.21 Å². The van der Waals surface area contributed by atoms with Crippen molar-refractivity contribution in [3.63, 3.8) is 0 Å². The summed E-state index contributed by atoms with van der Waals surface area (Å²) in [7, 11) is -0.751. The van der Waals surface area contributed by atoms with Gasteiger partial charge in [0.05, 0.1) is 5.69 Å². The summed E-state index contributed by atoms with van der Waals surface area (Å²) < 4.78 is 11.0. The van der Waals surface area contributed by atoms with Gasteiger partial charge in [-0.2, -0.15) is 0 Å². The van der Waals surface area contributed by atoms with Crippen LogP contribution in [0.25, 0.3) is 0 Å². The second kappa shape index (κ2) is 5.88. The van der Waals surface area contributed by atoms with Gasteiger partial charge in [-0.1, -0.05) is 6.07 Å². The molecule has 0 spiro atoms. The van der Waals surface area contributed by atoms with Crippen molar-refractivity contribution in [2.75, 3.05) is 12.8 Å². The number of hydrogen-bond donors (Lipinski definition) is 1. The largest absolute Gasteiger partial charge is 0.310 e. The van der Waals surface area contributed by atoms with Crippen molar-refractivity contribution in [2.45, 2.75) is 18.7 Å². The molecule has 78 valence electrons. The molecular formula is C10H16N2OS. The van der Waals surface area contributed by atoms with E-state index in [1.165, 1.54) is 0 Å². The van der Waals surface area contributed by atoms with Gasteiger partial charge in [0.15, 0.2) is 0 Å². The summed E-state index contributed by atoms with van der Waals surface area (Å²) in [5, 5.41) is 3.42. The molecule has 2 unspecified atom stereocenters. The van der Waals surface area contributed by atoms with Gasteiger partial charge in [0, 0.05) is 41.6 Å². The van der Waals surface area contributed by atoms with Crippen LogP contribution in [0.4, 0.5) is 0 Å². The van der Waals surface area contributed by atoms with Gasteiger partial charge in [0.1, 0.15) is 0 Å². The molecule has 0 fully saturated rings. The first-order valence-corrected chi connectivity index (χ1v) is 6.25. The van der Waals surface area contributed by atoms with Gasteiger partial charge < -0.3 is 5.32 Å². The van der Waals surface area contributed by atoms with Crippen molar-refractivity contribution in [3.05, 3.63) is 30.1 Å². The van der Waals surface area contributed by atoms with Crippen LogP contribution in [0.3, 0.4) is 0 Å². The first-order valence-electron chi connectivity index (χ1n) is 4.63. The van der Waals surface area contributed by atoms with E-state index >= 15 is 0 Å². The highest BCUT2D eigenvalue weighted by Crippen LogP contribution is 1.94. The second-order valence-electron chi connectivity index (χ2n) is 3.26. The molecule has 0 saturated heterocycles. The van der Waals surface area contributed by atoms with Crippen LogP contribution in [0.2, 0.25) is 0 Å². The Hall–Kier alpha value is -0.740. The van der Waals surface area contributed by atoms with Crippen LogP contribution in [-0.4, -0.2) is 27.2 Å². The molecule has 0 saturated carbocycles. The third-order valence-corrected chi connectivity index (χ3v) is 3.33.